The van der Waals surface area contributed by atoms with Crippen LogP contribution in [0.4, 0.5) is 5.69 Å². The summed E-state index contributed by atoms with van der Waals surface area (Å²) >= 11 is 0. The van der Waals surface area contributed by atoms with Crippen molar-refractivity contribution in [3.8, 4) is 0 Å². The summed E-state index contributed by atoms with van der Waals surface area (Å²) in [5.74, 6) is 0. The lowest BCUT2D eigenvalue weighted by molar-refractivity contribution is 0.111. The van der Waals surface area contributed by atoms with Gasteiger partial charge >= 0.3 is 0 Å². The second-order valence-electron chi connectivity index (χ2n) is 3.72. The lowest BCUT2D eigenvalue weighted by Crippen LogP contribution is -1.95. The van der Waals surface area contributed by atoms with Crippen molar-refractivity contribution in [3.63, 3.8) is 0 Å². The van der Waals surface area contributed by atoms with Crippen LogP contribution in [0.3, 0.4) is 0 Å². The zero-order chi connectivity index (χ0) is 11.0. The van der Waals surface area contributed by atoms with E-state index >= 15 is 0 Å². The zero-order valence-electron chi connectivity index (χ0n) is 8.74. The van der Waals surface area contributed by atoms with Gasteiger partial charge in [0, 0.05) is 11.1 Å². The highest BCUT2D eigenvalue weighted by molar-refractivity contribution is 5.90. The molecule has 2 rings (SSSR count). The fourth-order valence-corrected chi connectivity index (χ4v) is 1.78. The van der Waals surface area contributed by atoms with Gasteiger partial charge in [-0.25, -0.2) is 4.98 Å². The molecule has 0 unspecified atom stereocenters. The number of nitrogens with two attached hydrogens (primary N) is 1. The maximum Gasteiger partial charge on any atom is 0.168 e. The highest BCUT2D eigenvalue weighted by atomic mass is 16.1. The third kappa shape index (κ3) is 1.56. The molecule has 0 aliphatic heterocycles. The normalized spacial score (nSPS) is 10.5. The average Bonchev–Trinajstić information content (AvgIpc) is 2.19. The van der Waals surface area contributed by atoms with Crippen molar-refractivity contribution in [1.29, 1.82) is 0 Å². The molecule has 0 radical (unpaired) electrons. The molecular formula is C12H12N2O. The van der Waals surface area contributed by atoms with Crippen LogP contribution in [0, 0.1) is 13.8 Å². The van der Waals surface area contributed by atoms with Gasteiger partial charge in [-0.05, 0) is 43.2 Å². The van der Waals surface area contributed by atoms with Crippen LogP contribution in [0.2, 0.25) is 0 Å². The van der Waals surface area contributed by atoms with Crippen molar-refractivity contribution >= 4 is 22.9 Å². The van der Waals surface area contributed by atoms with Gasteiger partial charge < -0.3 is 5.73 Å². The molecule has 1 aromatic heterocycles. The number of carbonyl (C=O) groups is 1. The van der Waals surface area contributed by atoms with E-state index in [0.29, 0.717) is 5.69 Å². The number of rotatable bonds is 1. The van der Waals surface area contributed by atoms with Crippen LogP contribution in [0.5, 0.6) is 0 Å². The van der Waals surface area contributed by atoms with Crippen molar-refractivity contribution in [1.82, 2.24) is 4.98 Å². The van der Waals surface area contributed by atoms with E-state index in [2.05, 4.69) is 4.98 Å². The lowest BCUT2D eigenvalue weighted by Gasteiger charge is -2.07. The summed E-state index contributed by atoms with van der Waals surface area (Å²) in [5, 5.41) is 1.01. The smallest absolute Gasteiger partial charge is 0.168 e. The van der Waals surface area contributed by atoms with E-state index < -0.39 is 0 Å². The number of benzene rings is 1. The first-order chi connectivity index (χ1) is 7.11. The van der Waals surface area contributed by atoms with Crippen LogP contribution in [0.25, 0.3) is 10.9 Å². The van der Waals surface area contributed by atoms with Crippen molar-refractivity contribution in [2.45, 2.75) is 13.8 Å². The first-order valence-corrected chi connectivity index (χ1v) is 4.74. The average molecular weight is 200 g/mol. The fourth-order valence-electron chi connectivity index (χ4n) is 1.78. The van der Waals surface area contributed by atoms with Gasteiger partial charge in [-0.1, -0.05) is 0 Å². The quantitative estimate of drug-likeness (QED) is 0.567. The SMILES string of the molecule is Cc1cc(C=O)nc2c(C)cc(N)cc12. The van der Waals surface area contributed by atoms with E-state index in [4.69, 9.17) is 5.73 Å². The van der Waals surface area contributed by atoms with Gasteiger partial charge in [0.2, 0.25) is 0 Å². The molecule has 2 N–H and O–H groups in total. The molecule has 3 nitrogen and oxygen atoms in total. The predicted octanol–water partition coefficient (Wildman–Crippen LogP) is 2.25. The summed E-state index contributed by atoms with van der Waals surface area (Å²) in [7, 11) is 0. The number of pyridine rings is 1. The van der Waals surface area contributed by atoms with Gasteiger partial charge in [-0.3, -0.25) is 4.79 Å². The summed E-state index contributed by atoms with van der Waals surface area (Å²) in [6.07, 6.45) is 0.766. The van der Waals surface area contributed by atoms with Gasteiger partial charge in [-0.15, -0.1) is 0 Å². The number of aryl methyl sites for hydroxylation is 2. The van der Waals surface area contributed by atoms with Gasteiger partial charge in [0.1, 0.15) is 5.69 Å². The Kier molecular flexibility index (Phi) is 2.15. The van der Waals surface area contributed by atoms with Gasteiger partial charge in [-0.2, -0.15) is 0 Å². The second kappa shape index (κ2) is 3.35. The molecule has 0 atom stereocenters. The third-order valence-electron chi connectivity index (χ3n) is 2.47. The van der Waals surface area contributed by atoms with Crippen molar-refractivity contribution < 1.29 is 4.79 Å². The largest absolute Gasteiger partial charge is 0.399 e. The number of nitrogens with zero attached hydrogens (tertiary/aromatic N) is 1. The topological polar surface area (TPSA) is 56.0 Å². The molecule has 15 heavy (non-hydrogen) atoms. The van der Waals surface area contributed by atoms with Crippen LogP contribution in [-0.4, -0.2) is 11.3 Å². The molecular weight excluding hydrogens is 188 g/mol. The van der Waals surface area contributed by atoms with E-state index in [1.165, 1.54) is 0 Å². The molecule has 76 valence electrons. The number of fused-ring (bicyclic) bond motifs is 1. The van der Waals surface area contributed by atoms with Crippen molar-refractivity contribution in [2.75, 3.05) is 5.73 Å². The van der Waals surface area contributed by atoms with E-state index in [1.54, 1.807) is 6.07 Å². The number of hydrogen-bond donors (Lipinski definition) is 1. The summed E-state index contributed by atoms with van der Waals surface area (Å²) in [6.45, 7) is 3.90. The Labute approximate surface area is 87.9 Å². The van der Waals surface area contributed by atoms with E-state index in [-0.39, 0.29) is 0 Å². The fraction of sp³-hybridized carbons (Fsp3) is 0.167. The first kappa shape index (κ1) is 9.65. The summed E-state index contributed by atoms with van der Waals surface area (Å²) in [4.78, 5) is 15.0. The van der Waals surface area contributed by atoms with E-state index in [9.17, 15) is 4.79 Å². The summed E-state index contributed by atoms with van der Waals surface area (Å²) in [5.41, 5.74) is 9.83. The Hall–Kier alpha value is -1.90. The molecule has 0 fully saturated rings. The molecule has 0 aliphatic carbocycles. The number of carbonyl (C=O) groups excluding carboxylic acids is 1. The molecule has 0 saturated heterocycles. The maximum absolute atomic E-state index is 10.7. The third-order valence-corrected chi connectivity index (χ3v) is 2.47. The molecule has 0 bridgehead atoms. The minimum atomic E-state index is 0.466. The van der Waals surface area contributed by atoms with E-state index in [1.807, 2.05) is 26.0 Å². The Bertz CT molecular complexity index is 547. The Morgan fingerprint density at radius 1 is 1.20 bits per heavy atom. The number of nitrogen functional groups attached to an aromatic ring is 1. The molecule has 1 heterocycles. The first-order valence-electron chi connectivity index (χ1n) is 4.74. The molecule has 0 aliphatic rings. The zero-order valence-corrected chi connectivity index (χ0v) is 8.74. The predicted molar refractivity (Wildman–Crippen MR) is 61.0 cm³/mol. The maximum atomic E-state index is 10.7. The highest BCUT2D eigenvalue weighted by Crippen LogP contribution is 2.23. The Morgan fingerprint density at radius 2 is 1.93 bits per heavy atom. The Morgan fingerprint density at radius 3 is 2.60 bits per heavy atom. The van der Waals surface area contributed by atoms with Crippen molar-refractivity contribution in [2.24, 2.45) is 0 Å². The monoisotopic (exact) mass is 200 g/mol. The number of aromatic nitrogens is 1. The number of hydrogen-bond acceptors (Lipinski definition) is 3. The molecule has 1 aromatic carbocycles. The minimum absolute atomic E-state index is 0.466. The summed E-state index contributed by atoms with van der Waals surface area (Å²) in [6, 6.07) is 5.52. The number of anilines is 1. The number of aldehydes is 1. The van der Waals surface area contributed by atoms with Crippen LogP contribution < -0.4 is 5.73 Å². The molecule has 3 heteroatoms. The standard InChI is InChI=1S/C12H12N2O/c1-7-4-10(6-15)14-12-8(2)3-9(13)5-11(7)12/h3-6H,13H2,1-2H3. The van der Waals surface area contributed by atoms with Gasteiger partial charge in [0.25, 0.3) is 0 Å². The van der Waals surface area contributed by atoms with Crippen LogP contribution in [0.15, 0.2) is 18.2 Å². The van der Waals surface area contributed by atoms with E-state index in [0.717, 1.165) is 34.0 Å². The lowest BCUT2D eigenvalue weighted by atomic mass is 10.0. The molecule has 2 aromatic rings. The van der Waals surface area contributed by atoms with Gasteiger partial charge in [0.05, 0.1) is 5.52 Å². The highest BCUT2D eigenvalue weighted by Gasteiger charge is 2.05. The van der Waals surface area contributed by atoms with Crippen LogP contribution in [-0.2, 0) is 0 Å². The molecule has 0 amide bonds. The Balaban J connectivity index is 2.91. The summed E-state index contributed by atoms with van der Waals surface area (Å²) < 4.78 is 0. The minimum Gasteiger partial charge on any atom is -0.399 e. The molecule has 0 saturated carbocycles. The van der Waals surface area contributed by atoms with Crippen LogP contribution >= 0.6 is 0 Å². The van der Waals surface area contributed by atoms with Gasteiger partial charge in [0.15, 0.2) is 6.29 Å². The van der Waals surface area contributed by atoms with Crippen molar-refractivity contribution in [3.05, 3.63) is 35.0 Å². The second-order valence-corrected chi connectivity index (χ2v) is 3.72. The van der Waals surface area contributed by atoms with Crippen LogP contribution in [0.1, 0.15) is 21.6 Å². The molecule has 0 spiro atoms.